The first-order chi connectivity index (χ1) is 14.4. The second-order valence-electron chi connectivity index (χ2n) is 6.30. The molecular weight excluding hydrogens is 404 g/mol. The molecule has 0 bridgehead atoms. The van der Waals surface area contributed by atoms with Crippen LogP contribution in [-0.2, 0) is 9.53 Å². The van der Waals surface area contributed by atoms with E-state index in [4.69, 9.17) is 9.47 Å². The second-order valence-corrected chi connectivity index (χ2v) is 6.30. The number of carbonyl (C=O) groups excluding carboxylic acids is 3. The van der Waals surface area contributed by atoms with Crippen molar-refractivity contribution in [2.45, 2.75) is 6.04 Å². The zero-order valence-corrected chi connectivity index (χ0v) is 14.9. The summed E-state index contributed by atoms with van der Waals surface area (Å²) in [5, 5.41) is 5.08. The zero-order valence-electron chi connectivity index (χ0n) is 14.9. The van der Waals surface area contributed by atoms with Gasteiger partial charge in [-0.15, -0.1) is 4.91 Å². The van der Waals surface area contributed by atoms with Crippen molar-refractivity contribution in [1.82, 2.24) is 10.2 Å². The fourth-order valence-corrected chi connectivity index (χ4v) is 3.14. The Hall–Kier alpha value is -4.15. The van der Waals surface area contributed by atoms with E-state index in [-0.39, 0.29) is 34.9 Å². The Labute approximate surface area is 166 Å². The lowest BCUT2D eigenvalue weighted by Crippen LogP contribution is -2.51. The number of halogens is 2. The number of cyclic esters (lactones) is 1. The number of amides is 3. The van der Waals surface area contributed by atoms with Crippen LogP contribution in [0.2, 0.25) is 0 Å². The van der Waals surface area contributed by atoms with Gasteiger partial charge in [0.25, 0.3) is 0 Å². The minimum absolute atomic E-state index is 0.0157. The van der Waals surface area contributed by atoms with Gasteiger partial charge in [0, 0.05) is 0 Å². The van der Waals surface area contributed by atoms with Crippen LogP contribution in [-0.4, -0.2) is 29.6 Å². The summed E-state index contributed by atoms with van der Waals surface area (Å²) >= 11 is 0. The first kappa shape index (κ1) is 19.2. The van der Waals surface area contributed by atoms with Crippen molar-refractivity contribution < 1.29 is 32.6 Å². The maximum Gasteiger partial charge on any atom is 0.424 e. The van der Waals surface area contributed by atoms with Crippen molar-refractivity contribution in [2.24, 2.45) is 5.18 Å². The number of rotatable bonds is 3. The third-order valence-electron chi connectivity index (χ3n) is 4.50. The van der Waals surface area contributed by atoms with E-state index >= 15 is 0 Å². The van der Waals surface area contributed by atoms with Crippen LogP contribution in [0.5, 0.6) is 5.75 Å². The average molecular weight is 415 g/mol. The molecule has 2 aliphatic rings. The number of ether oxygens (including phenoxy) is 2. The molecule has 152 valence electrons. The number of imide groups is 1. The predicted molar refractivity (Wildman–Crippen MR) is 95.4 cm³/mol. The summed E-state index contributed by atoms with van der Waals surface area (Å²) in [6, 6.07) is 5.51. The Morgan fingerprint density at radius 1 is 1.13 bits per heavy atom. The monoisotopic (exact) mass is 415 g/mol. The van der Waals surface area contributed by atoms with Gasteiger partial charge in [-0.25, -0.2) is 28.1 Å². The smallest absolute Gasteiger partial charge is 0.424 e. The number of benzene rings is 2. The molecular formula is C19H11F2N3O6. The van der Waals surface area contributed by atoms with E-state index in [1.807, 2.05) is 0 Å². The highest BCUT2D eigenvalue weighted by Crippen LogP contribution is 2.38. The number of hydrogen-bond donors (Lipinski definition) is 1. The quantitative estimate of drug-likeness (QED) is 0.607. The molecule has 2 heterocycles. The van der Waals surface area contributed by atoms with E-state index < -0.39 is 35.8 Å². The number of carbonyl (C=O) groups is 3. The SMILES string of the molecule is O=Nc1ccc(OC(=O)N2C(=O)NC3=C(C(=O)OC3)C2c2ccc(F)c(F)c2)cc1. The number of nitrogens with zero attached hydrogens (tertiary/aromatic N) is 2. The highest BCUT2D eigenvalue weighted by Gasteiger charge is 2.46. The van der Waals surface area contributed by atoms with Crippen molar-refractivity contribution in [3.63, 3.8) is 0 Å². The third-order valence-corrected chi connectivity index (χ3v) is 4.50. The molecule has 0 fully saturated rings. The predicted octanol–water partition coefficient (Wildman–Crippen LogP) is 3.44. The number of hydrogen-bond acceptors (Lipinski definition) is 7. The van der Waals surface area contributed by atoms with Gasteiger partial charge in [0.15, 0.2) is 11.6 Å². The molecule has 9 nitrogen and oxygen atoms in total. The van der Waals surface area contributed by atoms with Gasteiger partial charge in [-0.2, -0.15) is 0 Å². The summed E-state index contributed by atoms with van der Waals surface area (Å²) < 4.78 is 37.3. The number of esters is 1. The lowest BCUT2D eigenvalue weighted by molar-refractivity contribution is -0.136. The molecule has 0 aromatic heterocycles. The topological polar surface area (TPSA) is 114 Å². The molecule has 2 aromatic carbocycles. The summed E-state index contributed by atoms with van der Waals surface area (Å²) in [5.74, 6) is -3.20. The Bertz CT molecular complexity index is 1120. The molecule has 0 saturated carbocycles. The van der Waals surface area contributed by atoms with E-state index in [0.29, 0.717) is 4.90 Å². The summed E-state index contributed by atoms with van der Waals surface area (Å²) in [4.78, 5) is 48.7. The Morgan fingerprint density at radius 3 is 2.53 bits per heavy atom. The largest absolute Gasteiger partial charge is 0.456 e. The molecule has 0 spiro atoms. The van der Waals surface area contributed by atoms with Crippen molar-refractivity contribution >= 4 is 23.8 Å². The lowest BCUT2D eigenvalue weighted by atomic mass is 9.94. The van der Waals surface area contributed by atoms with Crippen LogP contribution < -0.4 is 10.1 Å². The minimum atomic E-state index is -1.40. The summed E-state index contributed by atoms with van der Waals surface area (Å²) in [7, 11) is 0. The fraction of sp³-hybridized carbons (Fsp3) is 0.105. The van der Waals surface area contributed by atoms with Crippen molar-refractivity contribution in [1.29, 1.82) is 0 Å². The molecule has 3 amide bonds. The first-order valence-electron chi connectivity index (χ1n) is 8.49. The molecule has 0 aliphatic carbocycles. The molecule has 30 heavy (non-hydrogen) atoms. The molecule has 2 aliphatic heterocycles. The zero-order chi connectivity index (χ0) is 21.4. The molecule has 0 radical (unpaired) electrons. The maximum absolute atomic E-state index is 13.8. The molecule has 4 rings (SSSR count). The van der Waals surface area contributed by atoms with Crippen LogP contribution in [0.4, 0.5) is 24.1 Å². The standard InChI is InChI=1S/C19H11F2N3O6/c20-12-6-1-9(7-13(12)21)16-15-14(8-29-17(15)25)22-18(26)24(16)19(27)30-11-4-2-10(23-28)3-5-11/h1-7,16H,8H2,(H,22,26). The van der Waals surface area contributed by atoms with Crippen LogP contribution in [0, 0.1) is 16.5 Å². The van der Waals surface area contributed by atoms with Gasteiger partial charge in [0.1, 0.15) is 24.1 Å². The van der Waals surface area contributed by atoms with E-state index in [1.54, 1.807) is 0 Å². The Balaban J connectivity index is 1.74. The molecule has 11 heteroatoms. The number of urea groups is 1. The van der Waals surface area contributed by atoms with E-state index in [1.165, 1.54) is 24.3 Å². The van der Waals surface area contributed by atoms with Crippen molar-refractivity contribution in [3.05, 3.63) is 75.8 Å². The second kappa shape index (κ2) is 7.35. The molecule has 0 saturated heterocycles. The average Bonchev–Trinajstić information content (AvgIpc) is 3.09. The molecule has 1 atom stereocenters. The summed E-state index contributed by atoms with van der Waals surface area (Å²) in [6.07, 6.45) is -1.19. The highest BCUT2D eigenvalue weighted by atomic mass is 19.2. The van der Waals surface area contributed by atoms with Gasteiger partial charge in [-0.3, -0.25) is 0 Å². The van der Waals surface area contributed by atoms with E-state index in [0.717, 1.165) is 18.2 Å². The van der Waals surface area contributed by atoms with E-state index in [9.17, 15) is 28.1 Å². The Morgan fingerprint density at radius 2 is 1.87 bits per heavy atom. The normalized spacial score (nSPS) is 17.9. The minimum Gasteiger partial charge on any atom is -0.456 e. The van der Waals surface area contributed by atoms with Gasteiger partial charge in [0.05, 0.1) is 11.3 Å². The lowest BCUT2D eigenvalue weighted by Gasteiger charge is -2.33. The van der Waals surface area contributed by atoms with Crippen molar-refractivity contribution in [2.75, 3.05) is 6.61 Å². The van der Waals surface area contributed by atoms with Gasteiger partial charge >= 0.3 is 18.1 Å². The maximum atomic E-state index is 13.8. The third kappa shape index (κ3) is 3.26. The van der Waals surface area contributed by atoms with Crippen molar-refractivity contribution in [3.8, 4) is 5.75 Å². The van der Waals surface area contributed by atoms with Crippen LogP contribution >= 0.6 is 0 Å². The summed E-state index contributed by atoms with van der Waals surface area (Å²) in [5.41, 5.74) is 0.0736. The molecule has 1 N–H and O–H groups in total. The first-order valence-corrected chi connectivity index (χ1v) is 8.49. The molecule has 1 unspecified atom stereocenters. The molecule has 2 aromatic rings. The van der Waals surface area contributed by atoms with Crippen LogP contribution in [0.3, 0.4) is 0 Å². The van der Waals surface area contributed by atoms with Crippen LogP contribution in [0.1, 0.15) is 11.6 Å². The van der Waals surface area contributed by atoms with Gasteiger partial charge in [-0.1, -0.05) is 6.07 Å². The Kier molecular flexibility index (Phi) is 4.70. The van der Waals surface area contributed by atoms with Crippen LogP contribution in [0.25, 0.3) is 0 Å². The highest BCUT2D eigenvalue weighted by molar-refractivity contribution is 6.02. The van der Waals surface area contributed by atoms with Gasteiger partial charge < -0.3 is 14.8 Å². The summed E-state index contributed by atoms with van der Waals surface area (Å²) in [6.45, 7) is -0.233. The van der Waals surface area contributed by atoms with Crippen LogP contribution in [0.15, 0.2) is 58.9 Å². The number of nitroso groups, excluding NO2 is 1. The fourth-order valence-electron chi connectivity index (χ4n) is 3.14. The van der Waals surface area contributed by atoms with Gasteiger partial charge in [-0.05, 0) is 47.1 Å². The number of nitrogens with one attached hydrogen (secondary N) is 1. The van der Waals surface area contributed by atoms with E-state index in [2.05, 4.69) is 10.5 Å². The van der Waals surface area contributed by atoms with Gasteiger partial charge in [0.2, 0.25) is 0 Å².